The third-order valence-electron chi connectivity index (χ3n) is 6.79. The van der Waals surface area contributed by atoms with Crippen molar-refractivity contribution in [2.45, 2.75) is 65.0 Å². The number of hydrogen-bond donors (Lipinski definition) is 3. The highest BCUT2D eigenvalue weighted by molar-refractivity contribution is 5.79. The number of aliphatic hydroxyl groups excluding tert-OH is 1. The van der Waals surface area contributed by atoms with E-state index in [0.29, 0.717) is 19.1 Å². The van der Waals surface area contributed by atoms with Gasteiger partial charge in [-0.3, -0.25) is 0 Å². The number of likely N-dealkylation sites (tertiary alicyclic amines) is 1. The number of benzene rings is 1. The van der Waals surface area contributed by atoms with Crippen LogP contribution in [0.15, 0.2) is 29.3 Å². The lowest BCUT2D eigenvalue weighted by Crippen LogP contribution is -2.41. The van der Waals surface area contributed by atoms with Crippen molar-refractivity contribution in [2.24, 2.45) is 10.9 Å². The number of nitrogens with one attached hydrogen (secondary N) is 2. The molecule has 2 saturated heterocycles. The predicted molar refractivity (Wildman–Crippen MR) is 131 cm³/mol. The molecule has 6 heteroatoms. The highest BCUT2D eigenvalue weighted by Gasteiger charge is 2.19. The molecule has 2 heterocycles. The number of aliphatic imine (C=N–C) groups is 1. The van der Waals surface area contributed by atoms with Gasteiger partial charge in [-0.2, -0.15) is 0 Å². The lowest BCUT2D eigenvalue weighted by atomic mass is 9.97. The zero-order chi connectivity index (χ0) is 21.9. The van der Waals surface area contributed by atoms with Crippen molar-refractivity contribution in [2.75, 3.05) is 50.8 Å². The minimum absolute atomic E-state index is 0.324. The van der Waals surface area contributed by atoms with E-state index in [2.05, 4.69) is 58.5 Å². The second-order valence-corrected chi connectivity index (χ2v) is 9.14. The first-order valence-corrected chi connectivity index (χ1v) is 12.4. The summed E-state index contributed by atoms with van der Waals surface area (Å²) in [5, 5.41) is 16.2. The molecule has 0 amide bonds. The van der Waals surface area contributed by atoms with Crippen molar-refractivity contribution in [1.82, 2.24) is 15.5 Å². The molecule has 0 aliphatic carbocycles. The topological polar surface area (TPSA) is 63.1 Å². The Bertz CT molecular complexity index is 654. The normalized spacial score (nSPS) is 21.3. The van der Waals surface area contributed by atoms with Crippen molar-refractivity contribution in [3.05, 3.63) is 29.8 Å². The fraction of sp³-hybridized carbons (Fsp3) is 0.720. The Kier molecular flexibility index (Phi) is 9.94. The van der Waals surface area contributed by atoms with E-state index in [0.717, 1.165) is 57.4 Å². The molecule has 2 aliphatic rings. The van der Waals surface area contributed by atoms with Crippen molar-refractivity contribution in [1.29, 1.82) is 0 Å². The zero-order valence-electron chi connectivity index (χ0n) is 19.7. The Balaban J connectivity index is 1.42. The van der Waals surface area contributed by atoms with Gasteiger partial charge in [0.05, 0.1) is 6.54 Å². The molecule has 1 atom stereocenters. The largest absolute Gasteiger partial charge is 0.396 e. The molecule has 174 valence electrons. The highest BCUT2D eigenvalue weighted by Crippen LogP contribution is 2.23. The van der Waals surface area contributed by atoms with Crippen molar-refractivity contribution >= 4 is 11.6 Å². The van der Waals surface area contributed by atoms with Crippen molar-refractivity contribution in [3.8, 4) is 0 Å². The standard InChI is InChI=1S/C25H43N5O/c1-3-26-25(27-14-6-16-29-15-5-4-7-21(29)2)28-19-22-8-10-24(11-9-22)30-17-12-23(20-31)13-18-30/h8-11,21,23,31H,3-7,12-20H2,1-2H3,(H2,26,27,28). The van der Waals surface area contributed by atoms with E-state index >= 15 is 0 Å². The van der Waals surface area contributed by atoms with Gasteiger partial charge < -0.3 is 25.5 Å². The van der Waals surface area contributed by atoms with Crippen LogP contribution in [0, 0.1) is 5.92 Å². The van der Waals surface area contributed by atoms with Crippen LogP contribution < -0.4 is 15.5 Å². The Labute approximate surface area is 189 Å². The molecular weight excluding hydrogens is 386 g/mol. The van der Waals surface area contributed by atoms with E-state index in [-0.39, 0.29) is 0 Å². The molecule has 0 aromatic heterocycles. The van der Waals surface area contributed by atoms with Gasteiger partial charge in [0.1, 0.15) is 0 Å². The monoisotopic (exact) mass is 429 g/mol. The minimum atomic E-state index is 0.324. The molecule has 0 radical (unpaired) electrons. The number of nitrogens with zero attached hydrogens (tertiary/aromatic N) is 3. The number of guanidine groups is 1. The summed E-state index contributed by atoms with van der Waals surface area (Å²) < 4.78 is 0. The molecule has 0 bridgehead atoms. The van der Waals surface area contributed by atoms with Gasteiger partial charge in [0.2, 0.25) is 0 Å². The first-order valence-electron chi connectivity index (χ1n) is 12.4. The number of hydrogen-bond acceptors (Lipinski definition) is 4. The summed E-state index contributed by atoms with van der Waals surface area (Å²) in [7, 11) is 0. The number of aliphatic hydroxyl groups is 1. The Morgan fingerprint density at radius 1 is 1.06 bits per heavy atom. The van der Waals surface area contributed by atoms with Crippen LogP contribution in [0.3, 0.4) is 0 Å². The second-order valence-electron chi connectivity index (χ2n) is 9.14. The van der Waals surface area contributed by atoms with Gasteiger partial charge in [-0.05, 0) is 76.1 Å². The first-order chi connectivity index (χ1) is 15.2. The number of rotatable bonds is 9. The van der Waals surface area contributed by atoms with E-state index in [1.165, 1.54) is 43.6 Å². The average Bonchev–Trinajstić information content (AvgIpc) is 2.81. The van der Waals surface area contributed by atoms with Gasteiger partial charge in [0.25, 0.3) is 0 Å². The summed E-state index contributed by atoms with van der Waals surface area (Å²) in [4.78, 5) is 9.84. The molecule has 0 spiro atoms. The van der Waals surface area contributed by atoms with Gasteiger partial charge in [-0.15, -0.1) is 0 Å². The van der Waals surface area contributed by atoms with Gasteiger partial charge in [-0.25, -0.2) is 4.99 Å². The third kappa shape index (κ3) is 7.69. The smallest absolute Gasteiger partial charge is 0.191 e. The van der Waals surface area contributed by atoms with Crippen molar-refractivity contribution < 1.29 is 5.11 Å². The maximum Gasteiger partial charge on any atom is 0.191 e. The molecular formula is C25H43N5O. The highest BCUT2D eigenvalue weighted by atomic mass is 16.3. The van der Waals surface area contributed by atoms with Crippen molar-refractivity contribution in [3.63, 3.8) is 0 Å². The maximum atomic E-state index is 9.32. The summed E-state index contributed by atoms with van der Waals surface area (Å²) in [6.45, 7) is 11.8. The summed E-state index contributed by atoms with van der Waals surface area (Å²) in [6.07, 6.45) is 7.39. The quantitative estimate of drug-likeness (QED) is 0.320. The SMILES string of the molecule is CCNC(=NCc1ccc(N2CCC(CO)CC2)cc1)NCCCN1CCCCC1C. The Hall–Kier alpha value is -1.79. The maximum absolute atomic E-state index is 9.32. The third-order valence-corrected chi connectivity index (χ3v) is 6.79. The molecule has 1 unspecified atom stereocenters. The Morgan fingerprint density at radius 3 is 2.52 bits per heavy atom. The average molecular weight is 430 g/mol. The molecule has 6 nitrogen and oxygen atoms in total. The second kappa shape index (κ2) is 12.9. The van der Waals surface area contributed by atoms with Crippen LogP contribution in [0.4, 0.5) is 5.69 Å². The van der Waals surface area contributed by atoms with E-state index < -0.39 is 0 Å². The first kappa shape index (κ1) is 23.9. The molecule has 0 saturated carbocycles. The fourth-order valence-corrected chi connectivity index (χ4v) is 4.68. The van der Waals surface area contributed by atoms with Gasteiger partial charge in [0.15, 0.2) is 5.96 Å². The Morgan fingerprint density at radius 2 is 1.84 bits per heavy atom. The molecule has 2 fully saturated rings. The van der Waals surface area contributed by atoms with Crippen LogP contribution in [-0.4, -0.2) is 67.9 Å². The molecule has 2 aliphatic heterocycles. The van der Waals surface area contributed by atoms with Crippen LogP contribution in [0.1, 0.15) is 57.9 Å². The molecule has 31 heavy (non-hydrogen) atoms. The summed E-state index contributed by atoms with van der Waals surface area (Å²) >= 11 is 0. The molecule has 3 N–H and O–H groups in total. The van der Waals surface area contributed by atoms with E-state index in [1.54, 1.807) is 0 Å². The predicted octanol–water partition coefficient (Wildman–Crippen LogP) is 3.21. The molecule has 1 aromatic carbocycles. The van der Waals surface area contributed by atoms with Gasteiger partial charge in [-0.1, -0.05) is 18.6 Å². The summed E-state index contributed by atoms with van der Waals surface area (Å²) in [6, 6.07) is 9.55. The van der Waals surface area contributed by atoms with Crippen LogP contribution in [0.2, 0.25) is 0 Å². The summed E-state index contributed by atoms with van der Waals surface area (Å²) in [5.41, 5.74) is 2.51. The van der Waals surface area contributed by atoms with Crippen LogP contribution in [0.5, 0.6) is 0 Å². The zero-order valence-corrected chi connectivity index (χ0v) is 19.7. The van der Waals surface area contributed by atoms with Crippen LogP contribution >= 0.6 is 0 Å². The molecule has 1 aromatic rings. The number of anilines is 1. The fourth-order valence-electron chi connectivity index (χ4n) is 4.68. The number of piperidine rings is 2. The van der Waals surface area contributed by atoms with Crippen LogP contribution in [-0.2, 0) is 6.54 Å². The van der Waals surface area contributed by atoms with E-state index in [4.69, 9.17) is 4.99 Å². The van der Waals surface area contributed by atoms with Crippen LogP contribution in [0.25, 0.3) is 0 Å². The van der Waals surface area contributed by atoms with E-state index in [9.17, 15) is 5.11 Å². The lowest BCUT2D eigenvalue weighted by molar-refractivity contribution is 0.159. The lowest BCUT2D eigenvalue weighted by Gasteiger charge is -2.33. The van der Waals surface area contributed by atoms with E-state index in [1.807, 2.05) is 0 Å². The van der Waals surface area contributed by atoms with Gasteiger partial charge in [0, 0.05) is 51.1 Å². The molecule has 3 rings (SSSR count). The van der Waals surface area contributed by atoms with Gasteiger partial charge >= 0.3 is 0 Å². The minimum Gasteiger partial charge on any atom is -0.396 e. The summed E-state index contributed by atoms with van der Waals surface area (Å²) in [5.74, 6) is 1.38.